The molecule has 0 radical (unpaired) electrons. The molecule has 0 aliphatic carbocycles. The van der Waals surface area contributed by atoms with Gasteiger partial charge in [0, 0.05) is 6.54 Å². The molecule has 1 rings (SSSR count). The molecule has 15 heavy (non-hydrogen) atoms. The van der Waals surface area contributed by atoms with Crippen molar-refractivity contribution in [2.45, 2.75) is 6.04 Å². The SMILES string of the molecule is CN(C)C(CNCC(=O)O)c1ccco1. The van der Waals surface area contributed by atoms with Crippen molar-refractivity contribution in [3.05, 3.63) is 24.2 Å². The lowest BCUT2D eigenvalue weighted by atomic mass is 10.2. The molecule has 0 saturated carbocycles. The summed E-state index contributed by atoms with van der Waals surface area (Å²) >= 11 is 0. The molecule has 84 valence electrons. The monoisotopic (exact) mass is 212 g/mol. The Morgan fingerprint density at radius 3 is 2.87 bits per heavy atom. The maximum Gasteiger partial charge on any atom is 0.317 e. The smallest absolute Gasteiger partial charge is 0.317 e. The van der Waals surface area contributed by atoms with Gasteiger partial charge >= 0.3 is 5.97 Å². The van der Waals surface area contributed by atoms with E-state index in [1.165, 1.54) is 0 Å². The Morgan fingerprint density at radius 1 is 1.67 bits per heavy atom. The van der Waals surface area contributed by atoms with Crippen molar-refractivity contribution in [1.29, 1.82) is 0 Å². The van der Waals surface area contributed by atoms with Crippen LogP contribution in [0.1, 0.15) is 11.8 Å². The molecule has 0 saturated heterocycles. The second-order valence-corrected chi connectivity index (χ2v) is 3.52. The van der Waals surface area contributed by atoms with Gasteiger partial charge in [-0.15, -0.1) is 0 Å². The minimum absolute atomic E-state index is 0.0367. The van der Waals surface area contributed by atoms with Gasteiger partial charge in [0.05, 0.1) is 18.8 Å². The number of likely N-dealkylation sites (N-methyl/N-ethyl adjacent to an activating group) is 1. The molecule has 0 aliphatic heterocycles. The molecule has 0 fully saturated rings. The van der Waals surface area contributed by atoms with Crippen LogP contribution in [-0.4, -0.2) is 43.2 Å². The van der Waals surface area contributed by atoms with Gasteiger partial charge < -0.3 is 14.8 Å². The molecular weight excluding hydrogens is 196 g/mol. The van der Waals surface area contributed by atoms with Crippen molar-refractivity contribution < 1.29 is 14.3 Å². The summed E-state index contributed by atoms with van der Waals surface area (Å²) in [6.45, 7) is 0.512. The molecule has 0 amide bonds. The predicted octanol–water partition coefficient (Wildman–Crippen LogP) is 0.556. The van der Waals surface area contributed by atoms with Crippen molar-refractivity contribution in [3.8, 4) is 0 Å². The van der Waals surface area contributed by atoms with Crippen LogP contribution in [0, 0.1) is 0 Å². The van der Waals surface area contributed by atoms with E-state index in [1.807, 2.05) is 31.1 Å². The Morgan fingerprint density at radius 2 is 2.40 bits per heavy atom. The van der Waals surface area contributed by atoms with Gasteiger partial charge in [0.1, 0.15) is 5.76 Å². The van der Waals surface area contributed by atoms with Gasteiger partial charge in [0.25, 0.3) is 0 Å². The third-order valence-electron chi connectivity index (χ3n) is 2.11. The standard InChI is InChI=1S/C10H16N2O3/c1-12(2)8(6-11-7-10(13)14)9-4-3-5-15-9/h3-5,8,11H,6-7H2,1-2H3,(H,13,14). The molecule has 2 N–H and O–H groups in total. The summed E-state index contributed by atoms with van der Waals surface area (Å²) < 4.78 is 5.29. The van der Waals surface area contributed by atoms with Crippen LogP contribution < -0.4 is 5.32 Å². The average molecular weight is 212 g/mol. The number of aliphatic carboxylic acids is 1. The fourth-order valence-corrected chi connectivity index (χ4v) is 1.33. The van der Waals surface area contributed by atoms with Crippen molar-refractivity contribution in [2.75, 3.05) is 27.2 Å². The van der Waals surface area contributed by atoms with Gasteiger partial charge in [-0.25, -0.2) is 0 Å². The number of carboxylic acid groups (broad SMARTS) is 1. The van der Waals surface area contributed by atoms with Gasteiger partial charge in [-0.2, -0.15) is 0 Å². The van der Waals surface area contributed by atoms with Crippen LogP contribution in [-0.2, 0) is 4.79 Å². The highest BCUT2D eigenvalue weighted by Gasteiger charge is 2.16. The number of furan rings is 1. The van der Waals surface area contributed by atoms with E-state index in [2.05, 4.69) is 5.32 Å². The minimum atomic E-state index is -0.855. The highest BCUT2D eigenvalue weighted by Crippen LogP contribution is 2.17. The summed E-state index contributed by atoms with van der Waals surface area (Å²) in [5.74, 6) is -0.0233. The lowest BCUT2D eigenvalue weighted by molar-refractivity contribution is -0.136. The van der Waals surface area contributed by atoms with E-state index in [0.717, 1.165) is 5.76 Å². The Kier molecular flexibility index (Phi) is 4.33. The Balaban J connectivity index is 2.49. The third kappa shape index (κ3) is 3.73. The Hall–Kier alpha value is -1.33. The molecule has 1 unspecified atom stereocenters. The van der Waals surface area contributed by atoms with E-state index in [1.54, 1.807) is 6.26 Å². The van der Waals surface area contributed by atoms with E-state index in [0.29, 0.717) is 6.54 Å². The molecule has 1 atom stereocenters. The number of nitrogens with zero attached hydrogens (tertiary/aromatic N) is 1. The molecule has 0 aliphatic rings. The number of rotatable bonds is 6. The molecule has 5 nitrogen and oxygen atoms in total. The van der Waals surface area contributed by atoms with E-state index in [4.69, 9.17) is 9.52 Å². The Bertz CT molecular complexity index is 296. The summed E-state index contributed by atoms with van der Waals surface area (Å²) in [6.07, 6.45) is 1.61. The number of hydrogen-bond donors (Lipinski definition) is 2. The molecule has 0 bridgehead atoms. The average Bonchev–Trinajstić information content (AvgIpc) is 2.63. The number of nitrogens with one attached hydrogen (secondary N) is 1. The van der Waals surface area contributed by atoms with Crippen molar-refractivity contribution in [1.82, 2.24) is 10.2 Å². The maximum absolute atomic E-state index is 10.3. The first-order valence-electron chi connectivity index (χ1n) is 4.73. The normalized spacial score (nSPS) is 13.0. The van der Waals surface area contributed by atoms with Crippen LogP contribution in [0.25, 0.3) is 0 Å². The quantitative estimate of drug-likeness (QED) is 0.721. The summed E-state index contributed by atoms with van der Waals surface area (Å²) in [7, 11) is 3.85. The van der Waals surface area contributed by atoms with Gasteiger partial charge in [-0.05, 0) is 26.2 Å². The van der Waals surface area contributed by atoms with Crippen LogP contribution in [0.3, 0.4) is 0 Å². The molecule has 1 aromatic rings. The maximum atomic E-state index is 10.3. The zero-order chi connectivity index (χ0) is 11.3. The van der Waals surface area contributed by atoms with Crippen molar-refractivity contribution in [3.63, 3.8) is 0 Å². The van der Waals surface area contributed by atoms with E-state index < -0.39 is 5.97 Å². The summed E-state index contributed by atoms with van der Waals surface area (Å²) in [5, 5.41) is 11.3. The predicted molar refractivity (Wildman–Crippen MR) is 55.6 cm³/mol. The van der Waals surface area contributed by atoms with Gasteiger partial charge in [0.15, 0.2) is 0 Å². The fraction of sp³-hybridized carbons (Fsp3) is 0.500. The molecule has 1 aromatic heterocycles. The summed E-state index contributed by atoms with van der Waals surface area (Å²) in [4.78, 5) is 12.3. The zero-order valence-corrected chi connectivity index (χ0v) is 8.93. The van der Waals surface area contributed by atoms with Crippen LogP contribution >= 0.6 is 0 Å². The number of hydrogen-bond acceptors (Lipinski definition) is 4. The molecule has 1 heterocycles. The number of carboxylic acids is 1. The molecular formula is C10H16N2O3. The van der Waals surface area contributed by atoms with E-state index in [9.17, 15) is 4.79 Å². The molecule has 5 heteroatoms. The fourth-order valence-electron chi connectivity index (χ4n) is 1.33. The lowest BCUT2D eigenvalue weighted by Gasteiger charge is -2.22. The molecule has 0 aromatic carbocycles. The highest BCUT2D eigenvalue weighted by molar-refractivity contribution is 5.68. The van der Waals surface area contributed by atoms with Gasteiger partial charge in [0.2, 0.25) is 0 Å². The first-order chi connectivity index (χ1) is 7.11. The van der Waals surface area contributed by atoms with E-state index >= 15 is 0 Å². The van der Waals surface area contributed by atoms with Crippen molar-refractivity contribution >= 4 is 5.97 Å². The van der Waals surface area contributed by atoms with Crippen LogP contribution in [0.2, 0.25) is 0 Å². The third-order valence-corrected chi connectivity index (χ3v) is 2.11. The van der Waals surface area contributed by atoms with Crippen LogP contribution in [0.5, 0.6) is 0 Å². The second-order valence-electron chi connectivity index (χ2n) is 3.52. The minimum Gasteiger partial charge on any atom is -0.480 e. The number of carbonyl (C=O) groups is 1. The van der Waals surface area contributed by atoms with E-state index in [-0.39, 0.29) is 12.6 Å². The summed E-state index contributed by atoms with van der Waals surface area (Å²) in [5.41, 5.74) is 0. The van der Waals surface area contributed by atoms with Crippen LogP contribution in [0.15, 0.2) is 22.8 Å². The summed E-state index contributed by atoms with van der Waals surface area (Å²) in [6, 6.07) is 3.76. The highest BCUT2D eigenvalue weighted by atomic mass is 16.4. The largest absolute Gasteiger partial charge is 0.480 e. The van der Waals surface area contributed by atoms with Crippen LogP contribution in [0.4, 0.5) is 0 Å². The topological polar surface area (TPSA) is 65.7 Å². The molecule has 0 spiro atoms. The zero-order valence-electron chi connectivity index (χ0n) is 8.93. The second kappa shape index (κ2) is 5.53. The first-order valence-corrected chi connectivity index (χ1v) is 4.73. The van der Waals surface area contributed by atoms with Gasteiger partial charge in [-0.3, -0.25) is 9.69 Å². The van der Waals surface area contributed by atoms with Crippen molar-refractivity contribution in [2.24, 2.45) is 0 Å². The first kappa shape index (κ1) is 11.7. The lowest BCUT2D eigenvalue weighted by Crippen LogP contribution is -2.33. The van der Waals surface area contributed by atoms with Gasteiger partial charge in [-0.1, -0.05) is 0 Å². The Labute approximate surface area is 88.7 Å².